The number of hydrogen-bond donors (Lipinski definition) is 0. The van der Waals surface area contributed by atoms with Crippen LogP contribution in [0.4, 0.5) is 0 Å². The zero-order chi connectivity index (χ0) is 16.6. The molecule has 1 atom stereocenters. The van der Waals surface area contributed by atoms with E-state index < -0.39 is 0 Å². The maximum Gasteiger partial charge on any atom is 0.259 e. The molecule has 23 heavy (non-hydrogen) atoms. The Balaban J connectivity index is 1.96. The highest BCUT2D eigenvalue weighted by Gasteiger charge is 2.30. The molecular formula is C17H20ClN3O2. The fourth-order valence-electron chi connectivity index (χ4n) is 2.85. The van der Waals surface area contributed by atoms with Crippen molar-refractivity contribution < 1.29 is 9.32 Å². The average molecular weight is 334 g/mol. The minimum atomic E-state index is -0.0429. The van der Waals surface area contributed by atoms with Crippen LogP contribution in [0.2, 0.25) is 5.02 Å². The Kier molecular flexibility index (Phi) is 4.41. The van der Waals surface area contributed by atoms with E-state index >= 15 is 0 Å². The molecule has 1 saturated heterocycles. The van der Waals surface area contributed by atoms with Crippen molar-refractivity contribution in [1.82, 2.24) is 15.0 Å². The standard InChI is InChI=1S/C17H20ClN3O2/c1-11-10-21(9-8-20(11)3)17(22)15-12(2)23-19-16(15)13-6-4-5-7-14(13)18/h4-7,11H,8-10H2,1-3H3/t11-/m0/s1. The summed E-state index contributed by atoms with van der Waals surface area (Å²) in [5, 5.41) is 4.64. The Labute approximate surface area is 140 Å². The summed E-state index contributed by atoms with van der Waals surface area (Å²) >= 11 is 6.26. The van der Waals surface area contributed by atoms with E-state index in [1.54, 1.807) is 13.0 Å². The zero-order valence-electron chi connectivity index (χ0n) is 13.5. The smallest absolute Gasteiger partial charge is 0.259 e. The van der Waals surface area contributed by atoms with Gasteiger partial charge in [-0.1, -0.05) is 35.0 Å². The Morgan fingerprint density at radius 2 is 2.09 bits per heavy atom. The van der Waals surface area contributed by atoms with Gasteiger partial charge in [0.2, 0.25) is 0 Å². The normalized spacial score (nSPS) is 19.1. The number of rotatable bonds is 2. The van der Waals surface area contributed by atoms with E-state index in [1.807, 2.05) is 23.1 Å². The number of hydrogen-bond acceptors (Lipinski definition) is 4. The van der Waals surface area contributed by atoms with E-state index in [0.717, 1.165) is 12.1 Å². The highest BCUT2D eigenvalue weighted by molar-refractivity contribution is 6.33. The van der Waals surface area contributed by atoms with Crippen molar-refractivity contribution in [3.8, 4) is 11.3 Å². The van der Waals surface area contributed by atoms with E-state index in [4.69, 9.17) is 16.1 Å². The molecule has 0 saturated carbocycles. The average Bonchev–Trinajstić information content (AvgIpc) is 2.91. The van der Waals surface area contributed by atoms with Gasteiger partial charge in [0.1, 0.15) is 17.0 Å². The van der Waals surface area contributed by atoms with E-state index in [0.29, 0.717) is 41.2 Å². The monoisotopic (exact) mass is 333 g/mol. The fourth-order valence-corrected chi connectivity index (χ4v) is 3.08. The predicted molar refractivity (Wildman–Crippen MR) is 89.7 cm³/mol. The van der Waals surface area contributed by atoms with Crippen LogP contribution >= 0.6 is 11.6 Å². The van der Waals surface area contributed by atoms with Gasteiger partial charge < -0.3 is 14.3 Å². The molecule has 0 aliphatic carbocycles. The Hall–Kier alpha value is -1.85. The molecule has 1 aromatic heterocycles. The molecule has 0 N–H and O–H groups in total. The maximum atomic E-state index is 13.0. The van der Waals surface area contributed by atoms with Gasteiger partial charge in [-0.2, -0.15) is 0 Å². The highest BCUT2D eigenvalue weighted by Crippen LogP contribution is 2.32. The second-order valence-electron chi connectivity index (χ2n) is 6.02. The van der Waals surface area contributed by atoms with Crippen LogP contribution in [-0.4, -0.2) is 53.6 Å². The number of piperazine rings is 1. The van der Waals surface area contributed by atoms with Crippen LogP contribution in [0, 0.1) is 6.92 Å². The molecule has 1 aliphatic rings. The molecule has 122 valence electrons. The Morgan fingerprint density at radius 3 is 2.78 bits per heavy atom. The lowest BCUT2D eigenvalue weighted by atomic mass is 10.0. The van der Waals surface area contributed by atoms with E-state index in [-0.39, 0.29) is 5.91 Å². The van der Waals surface area contributed by atoms with Crippen molar-refractivity contribution in [2.75, 3.05) is 26.7 Å². The summed E-state index contributed by atoms with van der Waals surface area (Å²) in [6.07, 6.45) is 0. The number of likely N-dealkylation sites (N-methyl/N-ethyl adjacent to an activating group) is 1. The number of amides is 1. The Morgan fingerprint density at radius 1 is 1.35 bits per heavy atom. The summed E-state index contributed by atoms with van der Waals surface area (Å²) in [6, 6.07) is 7.69. The lowest BCUT2D eigenvalue weighted by Gasteiger charge is -2.37. The van der Waals surface area contributed by atoms with Crippen LogP contribution in [0.5, 0.6) is 0 Å². The number of aryl methyl sites for hydroxylation is 1. The molecule has 0 spiro atoms. The number of benzene rings is 1. The number of carbonyl (C=O) groups excluding carboxylic acids is 1. The van der Waals surface area contributed by atoms with Crippen LogP contribution in [-0.2, 0) is 0 Å². The Bertz CT molecular complexity index is 728. The van der Waals surface area contributed by atoms with Gasteiger partial charge >= 0.3 is 0 Å². The first-order valence-corrected chi connectivity index (χ1v) is 8.07. The summed E-state index contributed by atoms with van der Waals surface area (Å²) in [6.45, 7) is 6.14. The van der Waals surface area contributed by atoms with Gasteiger partial charge in [0.25, 0.3) is 5.91 Å². The van der Waals surface area contributed by atoms with Gasteiger partial charge in [-0.25, -0.2) is 0 Å². The largest absolute Gasteiger partial charge is 0.360 e. The molecule has 0 bridgehead atoms. The minimum absolute atomic E-state index is 0.0429. The summed E-state index contributed by atoms with van der Waals surface area (Å²) in [7, 11) is 2.08. The van der Waals surface area contributed by atoms with E-state index in [1.165, 1.54) is 0 Å². The highest BCUT2D eigenvalue weighted by atomic mass is 35.5. The van der Waals surface area contributed by atoms with Crippen molar-refractivity contribution in [2.45, 2.75) is 19.9 Å². The third-order valence-corrected chi connectivity index (χ3v) is 4.78. The van der Waals surface area contributed by atoms with E-state index in [9.17, 15) is 4.79 Å². The molecule has 1 fully saturated rings. The van der Waals surface area contributed by atoms with Gasteiger partial charge in [0, 0.05) is 31.2 Å². The lowest BCUT2D eigenvalue weighted by Crippen LogP contribution is -2.52. The zero-order valence-corrected chi connectivity index (χ0v) is 14.3. The molecule has 5 nitrogen and oxygen atoms in total. The SMILES string of the molecule is Cc1onc(-c2ccccc2Cl)c1C(=O)N1CCN(C)[C@@H](C)C1. The molecule has 6 heteroatoms. The van der Waals surface area contributed by atoms with Gasteiger partial charge in [-0.15, -0.1) is 0 Å². The fraction of sp³-hybridized carbons (Fsp3) is 0.412. The van der Waals surface area contributed by atoms with Crippen LogP contribution in [0.15, 0.2) is 28.8 Å². The summed E-state index contributed by atoms with van der Waals surface area (Å²) in [5.41, 5.74) is 1.75. The maximum absolute atomic E-state index is 13.0. The summed E-state index contributed by atoms with van der Waals surface area (Å²) in [4.78, 5) is 17.1. The lowest BCUT2D eigenvalue weighted by molar-refractivity contribution is 0.0571. The first-order valence-electron chi connectivity index (χ1n) is 7.69. The number of halogens is 1. The number of aromatic nitrogens is 1. The molecule has 1 amide bonds. The topological polar surface area (TPSA) is 49.6 Å². The second-order valence-corrected chi connectivity index (χ2v) is 6.43. The molecular weight excluding hydrogens is 314 g/mol. The van der Waals surface area contributed by atoms with Crippen LogP contribution < -0.4 is 0 Å². The molecule has 1 aliphatic heterocycles. The number of nitrogens with zero attached hydrogens (tertiary/aromatic N) is 3. The van der Waals surface area contributed by atoms with Crippen molar-refractivity contribution in [1.29, 1.82) is 0 Å². The van der Waals surface area contributed by atoms with Gasteiger partial charge in [0.05, 0.1) is 5.02 Å². The van der Waals surface area contributed by atoms with Gasteiger partial charge in [-0.05, 0) is 27.0 Å². The molecule has 1 aromatic carbocycles. The van der Waals surface area contributed by atoms with Crippen molar-refractivity contribution in [3.05, 3.63) is 40.6 Å². The van der Waals surface area contributed by atoms with Crippen molar-refractivity contribution in [2.24, 2.45) is 0 Å². The second kappa shape index (κ2) is 6.34. The molecule has 0 unspecified atom stereocenters. The van der Waals surface area contributed by atoms with Crippen LogP contribution in [0.25, 0.3) is 11.3 Å². The van der Waals surface area contributed by atoms with Crippen LogP contribution in [0.1, 0.15) is 23.0 Å². The first kappa shape index (κ1) is 16.0. The van der Waals surface area contributed by atoms with Crippen molar-refractivity contribution >= 4 is 17.5 Å². The number of carbonyl (C=O) groups is 1. The summed E-state index contributed by atoms with van der Waals surface area (Å²) < 4.78 is 5.30. The minimum Gasteiger partial charge on any atom is -0.360 e. The van der Waals surface area contributed by atoms with E-state index in [2.05, 4.69) is 24.0 Å². The predicted octanol–water partition coefficient (Wildman–Crippen LogP) is 3.08. The van der Waals surface area contributed by atoms with Crippen molar-refractivity contribution in [3.63, 3.8) is 0 Å². The summed E-state index contributed by atoms with van der Waals surface area (Å²) in [5.74, 6) is 0.482. The quantitative estimate of drug-likeness (QED) is 0.847. The first-order chi connectivity index (χ1) is 11.0. The van der Waals surface area contributed by atoms with Gasteiger partial charge in [0.15, 0.2) is 0 Å². The molecule has 2 aromatic rings. The molecule has 3 rings (SSSR count). The third kappa shape index (κ3) is 2.99. The van der Waals surface area contributed by atoms with Gasteiger partial charge in [-0.3, -0.25) is 4.79 Å². The third-order valence-electron chi connectivity index (χ3n) is 4.45. The molecule has 0 radical (unpaired) electrons. The molecule has 2 heterocycles. The van der Waals surface area contributed by atoms with Crippen LogP contribution in [0.3, 0.4) is 0 Å².